The molecule has 0 N–H and O–H groups in total. The molecule has 1 aliphatic rings. The van der Waals surface area contributed by atoms with Gasteiger partial charge in [-0.15, -0.1) is 0 Å². The van der Waals surface area contributed by atoms with E-state index in [0.29, 0.717) is 11.4 Å². The van der Waals surface area contributed by atoms with Crippen molar-refractivity contribution >= 4 is 36.7 Å². The third-order valence-corrected chi connectivity index (χ3v) is 7.92. The summed E-state index contributed by atoms with van der Waals surface area (Å²) in [6, 6.07) is 18.8. The van der Waals surface area contributed by atoms with E-state index in [1.807, 2.05) is 55.5 Å². The van der Waals surface area contributed by atoms with Crippen molar-refractivity contribution < 1.29 is 13.2 Å². The van der Waals surface area contributed by atoms with Crippen LogP contribution in [0.4, 0.5) is 0 Å². The molecule has 0 aliphatic heterocycles. The molecule has 4 rings (SSSR count). The molecule has 1 aliphatic carbocycles. The molecule has 3 aromatic rings. The Labute approximate surface area is 174 Å². The van der Waals surface area contributed by atoms with Gasteiger partial charge in [0, 0.05) is 16.6 Å². The Kier molecular flexibility index (Phi) is 4.98. The first-order valence-corrected chi connectivity index (χ1v) is 11.4. The zero-order valence-electron chi connectivity index (χ0n) is 15.9. The van der Waals surface area contributed by atoms with Gasteiger partial charge in [0.1, 0.15) is 5.75 Å². The zero-order chi connectivity index (χ0) is 19.9. The molecule has 0 unspecified atom stereocenters. The van der Waals surface area contributed by atoms with Crippen LogP contribution >= 0.6 is 15.9 Å². The van der Waals surface area contributed by atoms with E-state index in [1.165, 1.54) is 0 Å². The predicted octanol–water partition coefficient (Wildman–Crippen LogP) is 5.35. The van der Waals surface area contributed by atoms with Crippen LogP contribution in [-0.2, 0) is 16.6 Å². The lowest BCUT2D eigenvalue weighted by atomic mass is 10.1. The van der Waals surface area contributed by atoms with E-state index in [9.17, 15) is 8.42 Å². The lowest BCUT2D eigenvalue weighted by molar-refractivity contribution is 0.312. The van der Waals surface area contributed by atoms with E-state index in [1.54, 1.807) is 23.5 Å². The number of rotatable bonds is 6. The third-order valence-electron chi connectivity index (χ3n) is 5.42. The van der Waals surface area contributed by atoms with Gasteiger partial charge in [-0.2, -0.15) is 4.31 Å². The smallest absolute Gasteiger partial charge is 0.243 e. The monoisotopic (exact) mass is 459 g/mol. The van der Waals surface area contributed by atoms with E-state index < -0.39 is 10.0 Å². The van der Waals surface area contributed by atoms with E-state index in [-0.39, 0.29) is 5.54 Å². The molecule has 4 nitrogen and oxygen atoms in total. The quantitative estimate of drug-likeness (QED) is 0.498. The highest BCUT2D eigenvalue weighted by molar-refractivity contribution is 9.10. The second-order valence-electron chi connectivity index (χ2n) is 7.51. The molecule has 0 aromatic heterocycles. The lowest BCUT2D eigenvalue weighted by Gasteiger charge is -2.28. The van der Waals surface area contributed by atoms with Gasteiger partial charge in [-0.25, -0.2) is 8.42 Å². The van der Waals surface area contributed by atoms with E-state index in [0.717, 1.165) is 39.4 Å². The number of sulfonamides is 1. The fourth-order valence-electron chi connectivity index (χ4n) is 3.38. The summed E-state index contributed by atoms with van der Waals surface area (Å²) in [6.07, 6.45) is 1.75. The Morgan fingerprint density at radius 3 is 2.32 bits per heavy atom. The van der Waals surface area contributed by atoms with Crippen LogP contribution in [0.2, 0.25) is 0 Å². The second-order valence-corrected chi connectivity index (χ2v) is 10.3. The highest BCUT2D eigenvalue weighted by atomic mass is 79.9. The summed E-state index contributed by atoms with van der Waals surface area (Å²) in [7, 11) is -2.01. The molecule has 0 atom stereocenters. The van der Waals surface area contributed by atoms with Gasteiger partial charge in [0.15, 0.2) is 0 Å². The van der Waals surface area contributed by atoms with Crippen LogP contribution in [0.25, 0.3) is 10.8 Å². The number of hydrogen-bond donors (Lipinski definition) is 0. The van der Waals surface area contributed by atoms with Gasteiger partial charge in [-0.05, 0) is 72.5 Å². The summed E-state index contributed by atoms with van der Waals surface area (Å²) in [5.41, 5.74) is 0.617. The topological polar surface area (TPSA) is 46.6 Å². The van der Waals surface area contributed by atoms with Gasteiger partial charge in [0.05, 0.1) is 12.0 Å². The Morgan fingerprint density at radius 2 is 1.68 bits per heavy atom. The molecular weight excluding hydrogens is 438 g/mol. The highest BCUT2D eigenvalue weighted by Gasteiger charge is 2.49. The van der Waals surface area contributed by atoms with Crippen LogP contribution in [0, 0.1) is 0 Å². The fraction of sp³-hybridized carbons (Fsp3) is 0.273. The Morgan fingerprint density at radius 1 is 1.00 bits per heavy atom. The Hall–Kier alpha value is -1.89. The standard InChI is InChI=1S/C22H22BrNO3S/c1-22(11-12-22)24(15-16-3-8-20(27-2)9-4-16)28(25,26)21-10-6-17-5-7-19(23)13-18(17)14-21/h3-10,13-14H,11-12,15H2,1-2H3. The number of nitrogens with zero attached hydrogens (tertiary/aromatic N) is 1. The maximum atomic E-state index is 13.6. The van der Waals surface area contributed by atoms with Crippen molar-refractivity contribution in [3.63, 3.8) is 0 Å². The summed E-state index contributed by atoms with van der Waals surface area (Å²) in [4.78, 5) is 0.333. The normalized spacial score (nSPS) is 15.7. The third kappa shape index (κ3) is 3.69. The summed E-state index contributed by atoms with van der Waals surface area (Å²) in [6.45, 7) is 2.37. The molecule has 0 spiro atoms. The van der Waals surface area contributed by atoms with Crippen molar-refractivity contribution in [1.29, 1.82) is 0 Å². The van der Waals surface area contributed by atoms with E-state index in [4.69, 9.17) is 4.74 Å². The summed E-state index contributed by atoms with van der Waals surface area (Å²) in [5.74, 6) is 0.760. The molecule has 0 saturated heterocycles. The first-order chi connectivity index (χ1) is 13.3. The lowest BCUT2D eigenvalue weighted by Crippen LogP contribution is -2.39. The number of halogens is 1. The number of methoxy groups -OCH3 is 1. The van der Waals surface area contributed by atoms with E-state index in [2.05, 4.69) is 15.9 Å². The van der Waals surface area contributed by atoms with Crippen molar-refractivity contribution in [2.75, 3.05) is 7.11 Å². The average Bonchev–Trinajstić information content (AvgIpc) is 3.43. The molecule has 6 heteroatoms. The van der Waals surface area contributed by atoms with Crippen molar-refractivity contribution in [1.82, 2.24) is 4.31 Å². The van der Waals surface area contributed by atoms with Crippen LogP contribution in [0.1, 0.15) is 25.3 Å². The highest BCUT2D eigenvalue weighted by Crippen LogP contribution is 2.45. The molecule has 0 heterocycles. The van der Waals surface area contributed by atoms with Crippen molar-refractivity contribution in [3.05, 3.63) is 70.7 Å². The molecule has 0 amide bonds. The Bertz CT molecular complexity index is 1120. The maximum absolute atomic E-state index is 13.6. The van der Waals surface area contributed by atoms with Crippen molar-refractivity contribution in [2.45, 2.75) is 36.7 Å². The number of ether oxygens (including phenoxy) is 1. The van der Waals surface area contributed by atoms with Gasteiger partial charge in [0.2, 0.25) is 10.0 Å². The molecule has 0 bridgehead atoms. The zero-order valence-corrected chi connectivity index (χ0v) is 18.3. The van der Waals surface area contributed by atoms with Crippen LogP contribution in [-0.4, -0.2) is 25.4 Å². The summed E-state index contributed by atoms with van der Waals surface area (Å²) in [5, 5.41) is 1.92. The molecule has 1 saturated carbocycles. The second kappa shape index (κ2) is 7.17. The van der Waals surface area contributed by atoms with E-state index >= 15 is 0 Å². The van der Waals surface area contributed by atoms with Crippen LogP contribution in [0.5, 0.6) is 5.75 Å². The minimum absolute atomic E-state index is 0.328. The van der Waals surface area contributed by atoms with Gasteiger partial charge >= 0.3 is 0 Å². The SMILES string of the molecule is COc1ccc(CN(C2(C)CC2)S(=O)(=O)c2ccc3ccc(Br)cc3c2)cc1. The molecule has 146 valence electrons. The van der Waals surface area contributed by atoms with Crippen molar-refractivity contribution in [2.24, 2.45) is 0 Å². The first-order valence-electron chi connectivity index (χ1n) is 9.17. The molecule has 0 radical (unpaired) electrons. The number of benzene rings is 3. The first kappa shape index (κ1) is 19.4. The van der Waals surface area contributed by atoms with Gasteiger partial charge < -0.3 is 4.74 Å². The molecular formula is C22H22BrNO3S. The molecule has 28 heavy (non-hydrogen) atoms. The molecule has 3 aromatic carbocycles. The van der Waals surface area contributed by atoms with Crippen molar-refractivity contribution in [3.8, 4) is 5.75 Å². The van der Waals surface area contributed by atoms with Gasteiger partial charge in [0.25, 0.3) is 0 Å². The summed E-state index contributed by atoms with van der Waals surface area (Å²) < 4.78 is 34.9. The Balaban J connectivity index is 1.72. The average molecular weight is 460 g/mol. The minimum Gasteiger partial charge on any atom is -0.497 e. The van der Waals surface area contributed by atoms with Crippen LogP contribution in [0.15, 0.2) is 70.0 Å². The predicted molar refractivity (Wildman–Crippen MR) is 115 cm³/mol. The minimum atomic E-state index is -3.63. The summed E-state index contributed by atoms with van der Waals surface area (Å²) >= 11 is 3.46. The van der Waals surface area contributed by atoms with Gasteiger partial charge in [-0.3, -0.25) is 0 Å². The maximum Gasteiger partial charge on any atom is 0.243 e. The van der Waals surface area contributed by atoms with Crippen LogP contribution < -0.4 is 4.74 Å². The number of fused-ring (bicyclic) bond motifs is 1. The van der Waals surface area contributed by atoms with Crippen LogP contribution in [0.3, 0.4) is 0 Å². The van der Waals surface area contributed by atoms with Gasteiger partial charge in [-0.1, -0.05) is 40.2 Å². The number of hydrogen-bond acceptors (Lipinski definition) is 3. The largest absolute Gasteiger partial charge is 0.497 e. The fourth-order valence-corrected chi connectivity index (χ4v) is 5.61. The molecule has 1 fully saturated rings.